The Morgan fingerprint density at radius 3 is 2.69 bits per heavy atom. The molecule has 0 aliphatic rings. The average Bonchev–Trinajstić information content (AvgIpc) is 2.28. The van der Waals surface area contributed by atoms with Crippen molar-refractivity contribution in [3.63, 3.8) is 0 Å². The lowest BCUT2D eigenvalue weighted by Gasteiger charge is -2.12. The van der Waals surface area contributed by atoms with Gasteiger partial charge in [-0.05, 0) is 30.4 Å². The summed E-state index contributed by atoms with van der Waals surface area (Å²) in [6.07, 6.45) is 2.77. The minimum Gasteiger partial charge on any atom is -0.385 e. The zero-order valence-electron chi connectivity index (χ0n) is 9.80. The molecule has 1 aromatic rings. The Kier molecular flexibility index (Phi) is 5.39. The van der Waals surface area contributed by atoms with E-state index in [1.165, 1.54) is 0 Å². The maximum Gasteiger partial charge on any atom is 0.162 e. The second-order valence-electron chi connectivity index (χ2n) is 4.03. The fourth-order valence-corrected chi connectivity index (χ4v) is 1.75. The van der Waals surface area contributed by atoms with Crippen LogP contribution in [0.25, 0.3) is 0 Å². The summed E-state index contributed by atoms with van der Waals surface area (Å²) in [5.74, 6) is -1.42. The fraction of sp³-hybridized carbons (Fsp3) is 0.538. The molecule has 0 aliphatic heterocycles. The van der Waals surface area contributed by atoms with Crippen molar-refractivity contribution in [2.24, 2.45) is 0 Å². The topological polar surface area (TPSA) is 9.23 Å². The maximum absolute atomic E-state index is 13.4. The van der Waals surface area contributed by atoms with Gasteiger partial charge >= 0.3 is 0 Å². The van der Waals surface area contributed by atoms with E-state index in [1.54, 1.807) is 19.2 Å². The van der Waals surface area contributed by atoms with Gasteiger partial charge in [0, 0.05) is 13.7 Å². The quantitative estimate of drug-likeness (QED) is 0.671. The van der Waals surface area contributed by atoms with Crippen LogP contribution in [0.5, 0.6) is 0 Å². The van der Waals surface area contributed by atoms with Gasteiger partial charge in [-0.1, -0.05) is 25.5 Å². The largest absolute Gasteiger partial charge is 0.385 e. The molecule has 0 saturated heterocycles. The van der Waals surface area contributed by atoms with E-state index in [1.807, 2.05) is 6.92 Å². The Hall–Kier alpha value is -0.960. The first-order chi connectivity index (χ1) is 7.66. The molecule has 1 unspecified atom stereocenters. The van der Waals surface area contributed by atoms with Gasteiger partial charge in [0.15, 0.2) is 11.6 Å². The molecule has 3 heteroatoms. The zero-order valence-corrected chi connectivity index (χ0v) is 9.80. The standard InChI is InChI=1S/C13H18F2O/c1-10(6-3-4-9-16-2)11-7-5-8-12(14)13(11)15/h5,7-8,10H,3-4,6,9H2,1-2H3. The summed E-state index contributed by atoms with van der Waals surface area (Å²) in [5.41, 5.74) is 0.470. The third-order valence-corrected chi connectivity index (χ3v) is 2.75. The molecule has 1 atom stereocenters. The number of ether oxygens (including phenoxy) is 1. The number of rotatable bonds is 6. The Morgan fingerprint density at radius 1 is 1.25 bits per heavy atom. The number of hydrogen-bond acceptors (Lipinski definition) is 1. The number of halogens is 2. The van der Waals surface area contributed by atoms with Gasteiger partial charge < -0.3 is 4.74 Å². The molecule has 90 valence electrons. The van der Waals surface area contributed by atoms with Gasteiger partial charge in [0.25, 0.3) is 0 Å². The third-order valence-electron chi connectivity index (χ3n) is 2.75. The molecule has 0 saturated carbocycles. The van der Waals surface area contributed by atoms with E-state index in [4.69, 9.17) is 4.74 Å². The highest BCUT2D eigenvalue weighted by molar-refractivity contribution is 5.22. The number of hydrogen-bond donors (Lipinski definition) is 0. The summed E-state index contributed by atoms with van der Waals surface area (Å²) in [4.78, 5) is 0. The first-order valence-electron chi connectivity index (χ1n) is 5.59. The number of unbranched alkanes of at least 4 members (excludes halogenated alkanes) is 1. The molecule has 0 heterocycles. The van der Waals surface area contributed by atoms with Crippen molar-refractivity contribution in [1.82, 2.24) is 0 Å². The van der Waals surface area contributed by atoms with Crippen molar-refractivity contribution in [3.05, 3.63) is 35.4 Å². The van der Waals surface area contributed by atoms with Crippen LogP contribution in [0.1, 0.15) is 37.7 Å². The van der Waals surface area contributed by atoms with Crippen molar-refractivity contribution in [2.45, 2.75) is 32.1 Å². The monoisotopic (exact) mass is 228 g/mol. The normalized spacial score (nSPS) is 12.8. The molecular weight excluding hydrogens is 210 g/mol. The Labute approximate surface area is 95.4 Å². The number of methoxy groups -OCH3 is 1. The highest BCUT2D eigenvalue weighted by atomic mass is 19.2. The van der Waals surface area contributed by atoms with Gasteiger partial charge in [0.2, 0.25) is 0 Å². The molecule has 1 aromatic carbocycles. The van der Waals surface area contributed by atoms with Crippen LogP contribution in [0.3, 0.4) is 0 Å². The van der Waals surface area contributed by atoms with E-state index in [0.29, 0.717) is 5.56 Å². The van der Waals surface area contributed by atoms with Crippen LogP contribution in [-0.2, 0) is 4.74 Å². The van der Waals surface area contributed by atoms with Crippen molar-refractivity contribution in [2.75, 3.05) is 13.7 Å². The zero-order chi connectivity index (χ0) is 12.0. The lowest BCUT2D eigenvalue weighted by Crippen LogP contribution is -2.00. The second-order valence-corrected chi connectivity index (χ2v) is 4.03. The minimum atomic E-state index is -0.763. The van der Waals surface area contributed by atoms with Crippen molar-refractivity contribution >= 4 is 0 Å². The molecule has 0 N–H and O–H groups in total. The Morgan fingerprint density at radius 2 is 2.00 bits per heavy atom. The molecule has 0 fully saturated rings. The molecule has 0 radical (unpaired) electrons. The van der Waals surface area contributed by atoms with E-state index in [9.17, 15) is 8.78 Å². The smallest absolute Gasteiger partial charge is 0.162 e. The van der Waals surface area contributed by atoms with Gasteiger partial charge in [-0.15, -0.1) is 0 Å². The molecule has 0 bridgehead atoms. The predicted octanol–water partition coefficient (Wildman–Crippen LogP) is 3.89. The van der Waals surface area contributed by atoms with Gasteiger partial charge in [-0.2, -0.15) is 0 Å². The summed E-state index contributed by atoms with van der Waals surface area (Å²) < 4.78 is 31.4. The Bertz CT molecular complexity index is 326. The van der Waals surface area contributed by atoms with E-state index in [-0.39, 0.29) is 5.92 Å². The summed E-state index contributed by atoms with van der Waals surface area (Å²) in [7, 11) is 1.66. The van der Waals surface area contributed by atoms with Crippen molar-refractivity contribution in [1.29, 1.82) is 0 Å². The van der Waals surface area contributed by atoms with Crippen LogP contribution in [0.15, 0.2) is 18.2 Å². The molecular formula is C13H18F2O. The highest BCUT2D eigenvalue weighted by Gasteiger charge is 2.13. The van der Waals surface area contributed by atoms with Crippen LogP contribution in [0.4, 0.5) is 8.78 Å². The number of benzene rings is 1. The molecule has 0 amide bonds. The molecule has 0 spiro atoms. The molecule has 1 nitrogen and oxygen atoms in total. The van der Waals surface area contributed by atoms with Crippen LogP contribution in [0.2, 0.25) is 0 Å². The maximum atomic E-state index is 13.4. The summed E-state index contributed by atoms with van der Waals surface area (Å²) in [5, 5.41) is 0. The highest BCUT2D eigenvalue weighted by Crippen LogP contribution is 2.25. The predicted molar refractivity (Wildman–Crippen MR) is 60.5 cm³/mol. The second kappa shape index (κ2) is 6.59. The first-order valence-corrected chi connectivity index (χ1v) is 5.59. The van der Waals surface area contributed by atoms with Crippen molar-refractivity contribution in [3.8, 4) is 0 Å². The average molecular weight is 228 g/mol. The summed E-state index contributed by atoms with van der Waals surface area (Å²) in [6.45, 7) is 2.64. The third kappa shape index (κ3) is 3.56. The lowest BCUT2D eigenvalue weighted by molar-refractivity contribution is 0.191. The van der Waals surface area contributed by atoms with Crippen LogP contribution in [0, 0.1) is 11.6 Å². The van der Waals surface area contributed by atoms with Gasteiger partial charge in [-0.25, -0.2) is 8.78 Å². The SMILES string of the molecule is COCCCCC(C)c1cccc(F)c1F. The van der Waals surface area contributed by atoms with E-state index >= 15 is 0 Å². The summed E-state index contributed by atoms with van der Waals surface area (Å²) >= 11 is 0. The first kappa shape index (κ1) is 13.1. The van der Waals surface area contributed by atoms with Gasteiger partial charge in [-0.3, -0.25) is 0 Å². The van der Waals surface area contributed by atoms with Crippen LogP contribution >= 0.6 is 0 Å². The minimum absolute atomic E-state index is 0.0487. The Balaban J connectivity index is 2.52. The van der Waals surface area contributed by atoms with Crippen LogP contribution < -0.4 is 0 Å². The lowest BCUT2D eigenvalue weighted by atomic mass is 9.95. The fourth-order valence-electron chi connectivity index (χ4n) is 1.75. The van der Waals surface area contributed by atoms with Gasteiger partial charge in [0.05, 0.1) is 0 Å². The van der Waals surface area contributed by atoms with E-state index < -0.39 is 11.6 Å². The summed E-state index contributed by atoms with van der Waals surface area (Å²) in [6, 6.07) is 4.36. The molecule has 16 heavy (non-hydrogen) atoms. The molecule has 0 aliphatic carbocycles. The van der Waals surface area contributed by atoms with Crippen molar-refractivity contribution < 1.29 is 13.5 Å². The van der Waals surface area contributed by atoms with E-state index in [0.717, 1.165) is 31.9 Å². The van der Waals surface area contributed by atoms with E-state index in [2.05, 4.69) is 0 Å². The van der Waals surface area contributed by atoms with Crippen LogP contribution in [-0.4, -0.2) is 13.7 Å². The molecule has 0 aromatic heterocycles. The van der Waals surface area contributed by atoms with Gasteiger partial charge in [0.1, 0.15) is 0 Å². The molecule has 1 rings (SSSR count).